The van der Waals surface area contributed by atoms with Crippen molar-refractivity contribution in [3.05, 3.63) is 23.7 Å². The Bertz CT molecular complexity index is 440. The summed E-state index contributed by atoms with van der Waals surface area (Å²) in [6, 6.07) is 3.75. The zero-order valence-corrected chi connectivity index (χ0v) is 9.94. The average Bonchev–Trinajstić information content (AvgIpc) is 2.70. The van der Waals surface area contributed by atoms with Gasteiger partial charge in [-0.05, 0) is 17.9 Å². The maximum absolute atomic E-state index is 5.82. The second-order valence-corrected chi connectivity index (χ2v) is 5.07. The molecule has 0 radical (unpaired) electrons. The topological polar surface area (TPSA) is 51.8 Å². The monoisotopic (exact) mass is 237 g/mol. The zero-order chi connectivity index (χ0) is 10.7. The van der Waals surface area contributed by atoms with Crippen molar-refractivity contribution in [3.8, 4) is 10.7 Å². The fourth-order valence-electron chi connectivity index (χ4n) is 1.21. The summed E-state index contributed by atoms with van der Waals surface area (Å²) in [5.41, 5.74) is 7.42. The molecule has 0 spiro atoms. The number of hydrogen-bond acceptors (Lipinski definition) is 5. The van der Waals surface area contributed by atoms with E-state index in [-0.39, 0.29) is 0 Å². The van der Waals surface area contributed by atoms with Gasteiger partial charge >= 0.3 is 0 Å². The maximum Gasteiger partial charge on any atom is 0.141 e. The third kappa shape index (κ3) is 2.49. The van der Waals surface area contributed by atoms with Gasteiger partial charge in [-0.25, -0.2) is 9.97 Å². The van der Waals surface area contributed by atoms with E-state index in [4.69, 9.17) is 5.73 Å². The largest absolute Gasteiger partial charge is 0.399 e. The van der Waals surface area contributed by atoms with Gasteiger partial charge in [-0.2, -0.15) is 0 Å². The number of anilines is 1. The first-order chi connectivity index (χ1) is 7.29. The lowest BCUT2D eigenvalue weighted by atomic mass is 10.3. The van der Waals surface area contributed by atoms with Gasteiger partial charge < -0.3 is 5.73 Å². The van der Waals surface area contributed by atoms with Crippen molar-refractivity contribution in [2.75, 3.05) is 11.5 Å². The molecule has 0 aliphatic heterocycles. The molecule has 0 aliphatic carbocycles. The molecule has 0 amide bonds. The van der Waals surface area contributed by atoms with Gasteiger partial charge in [0.25, 0.3) is 0 Å². The molecule has 0 bridgehead atoms. The molecule has 0 unspecified atom stereocenters. The van der Waals surface area contributed by atoms with Crippen molar-refractivity contribution >= 4 is 28.8 Å². The van der Waals surface area contributed by atoms with E-state index in [1.807, 2.05) is 17.5 Å². The third-order valence-corrected chi connectivity index (χ3v) is 3.36. The minimum Gasteiger partial charge on any atom is -0.399 e. The number of pyridine rings is 1. The first kappa shape index (κ1) is 10.4. The number of thiazole rings is 1. The van der Waals surface area contributed by atoms with Crippen LogP contribution in [-0.2, 0) is 0 Å². The van der Waals surface area contributed by atoms with E-state index in [2.05, 4.69) is 16.9 Å². The van der Waals surface area contributed by atoms with Crippen LogP contribution in [0.2, 0.25) is 0 Å². The molecule has 2 heterocycles. The summed E-state index contributed by atoms with van der Waals surface area (Å²) >= 11 is 3.26. The van der Waals surface area contributed by atoms with Crippen molar-refractivity contribution in [1.82, 2.24) is 9.97 Å². The van der Waals surface area contributed by atoms with Crippen molar-refractivity contribution in [2.24, 2.45) is 0 Å². The molecule has 5 heteroatoms. The van der Waals surface area contributed by atoms with E-state index in [1.54, 1.807) is 29.3 Å². The Morgan fingerprint density at radius 3 is 3.00 bits per heavy atom. The summed E-state index contributed by atoms with van der Waals surface area (Å²) in [7, 11) is 0. The Kier molecular flexibility index (Phi) is 3.23. The quantitative estimate of drug-likeness (QED) is 0.834. The summed E-state index contributed by atoms with van der Waals surface area (Å²) in [6.45, 7) is 2.10. The highest BCUT2D eigenvalue weighted by molar-refractivity contribution is 7.99. The number of nitrogens with zero attached hydrogens (tertiary/aromatic N) is 2. The Morgan fingerprint density at radius 1 is 1.47 bits per heavy atom. The van der Waals surface area contributed by atoms with Gasteiger partial charge in [-0.1, -0.05) is 6.92 Å². The standard InChI is InChI=1S/C10H11N3S2/c1-2-14-9-6-7(11)5-8(13-9)10-12-3-4-15-10/h3-6H,2H2,1H3,(H2,11,13). The lowest BCUT2D eigenvalue weighted by molar-refractivity contribution is 1.14. The summed E-state index contributed by atoms with van der Waals surface area (Å²) in [6.07, 6.45) is 1.78. The molecule has 0 aromatic carbocycles. The van der Waals surface area contributed by atoms with Crippen molar-refractivity contribution in [2.45, 2.75) is 11.9 Å². The van der Waals surface area contributed by atoms with E-state index in [9.17, 15) is 0 Å². The van der Waals surface area contributed by atoms with Gasteiger partial charge in [0, 0.05) is 17.3 Å². The minimum absolute atomic E-state index is 0.742. The second-order valence-electron chi connectivity index (χ2n) is 2.89. The summed E-state index contributed by atoms with van der Waals surface area (Å²) in [4.78, 5) is 8.72. The highest BCUT2D eigenvalue weighted by Crippen LogP contribution is 2.26. The van der Waals surface area contributed by atoms with Crippen LogP contribution in [0.15, 0.2) is 28.7 Å². The van der Waals surface area contributed by atoms with Crippen LogP contribution in [0.4, 0.5) is 5.69 Å². The summed E-state index contributed by atoms with van der Waals surface area (Å²) < 4.78 is 0. The fraction of sp³-hybridized carbons (Fsp3) is 0.200. The van der Waals surface area contributed by atoms with Crippen LogP contribution in [0.1, 0.15) is 6.92 Å². The fourth-order valence-corrected chi connectivity index (χ4v) is 2.48. The van der Waals surface area contributed by atoms with Crippen molar-refractivity contribution in [1.29, 1.82) is 0 Å². The normalized spacial score (nSPS) is 10.5. The van der Waals surface area contributed by atoms with Crippen molar-refractivity contribution in [3.63, 3.8) is 0 Å². The average molecular weight is 237 g/mol. The van der Waals surface area contributed by atoms with Crippen LogP contribution in [0.5, 0.6) is 0 Å². The number of hydrogen-bond donors (Lipinski definition) is 1. The first-order valence-electron chi connectivity index (χ1n) is 4.60. The highest BCUT2D eigenvalue weighted by Gasteiger charge is 2.05. The second kappa shape index (κ2) is 4.63. The number of thioether (sulfide) groups is 1. The Balaban J connectivity index is 2.40. The van der Waals surface area contributed by atoms with Crippen LogP contribution in [-0.4, -0.2) is 15.7 Å². The Hall–Kier alpha value is -1.07. The highest BCUT2D eigenvalue weighted by atomic mass is 32.2. The minimum atomic E-state index is 0.742. The van der Waals surface area contributed by atoms with Crippen LogP contribution in [0, 0.1) is 0 Å². The van der Waals surface area contributed by atoms with E-state index in [1.165, 1.54) is 0 Å². The first-order valence-corrected chi connectivity index (χ1v) is 6.46. The van der Waals surface area contributed by atoms with Gasteiger partial charge in [0.2, 0.25) is 0 Å². The molecular weight excluding hydrogens is 226 g/mol. The van der Waals surface area contributed by atoms with E-state index in [0.717, 1.165) is 27.2 Å². The summed E-state index contributed by atoms with van der Waals surface area (Å²) in [5.74, 6) is 0.994. The lowest BCUT2D eigenvalue weighted by Gasteiger charge is -2.02. The molecular formula is C10H11N3S2. The Morgan fingerprint density at radius 2 is 2.33 bits per heavy atom. The van der Waals surface area contributed by atoms with Crippen LogP contribution in [0.3, 0.4) is 0 Å². The van der Waals surface area contributed by atoms with Crippen LogP contribution < -0.4 is 5.73 Å². The molecule has 3 nitrogen and oxygen atoms in total. The van der Waals surface area contributed by atoms with Gasteiger partial charge in [0.15, 0.2) is 0 Å². The van der Waals surface area contributed by atoms with Gasteiger partial charge in [0.1, 0.15) is 10.7 Å². The number of rotatable bonds is 3. The molecule has 0 atom stereocenters. The molecule has 2 N–H and O–H groups in total. The van der Waals surface area contributed by atoms with Gasteiger partial charge in [-0.3, -0.25) is 0 Å². The number of nitrogens with two attached hydrogens (primary N) is 1. The number of nitrogen functional groups attached to an aromatic ring is 1. The smallest absolute Gasteiger partial charge is 0.141 e. The lowest BCUT2D eigenvalue weighted by Crippen LogP contribution is -1.91. The predicted molar refractivity (Wildman–Crippen MR) is 66.2 cm³/mol. The molecule has 2 aromatic rings. The molecule has 15 heavy (non-hydrogen) atoms. The molecule has 2 aromatic heterocycles. The Labute approximate surface area is 96.8 Å². The number of aromatic nitrogens is 2. The van der Waals surface area contributed by atoms with E-state index < -0.39 is 0 Å². The van der Waals surface area contributed by atoms with Gasteiger partial charge in [-0.15, -0.1) is 23.1 Å². The van der Waals surface area contributed by atoms with Crippen LogP contribution in [0.25, 0.3) is 10.7 Å². The molecule has 0 saturated heterocycles. The SMILES string of the molecule is CCSc1cc(N)cc(-c2nccs2)n1. The van der Waals surface area contributed by atoms with E-state index in [0.29, 0.717) is 0 Å². The van der Waals surface area contributed by atoms with Gasteiger partial charge in [0.05, 0.1) is 5.03 Å². The van der Waals surface area contributed by atoms with Crippen LogP contribution >= 0.6 is 23.1 Å². The summed E-state index contributed by atoms with van der Waals surface area (Å²) in [5, 5.41) is 3.82. The molecule has 78 valence electrons. The molecule has 0 saturated carbocycles. The molecule has 0 aliphatic rings. The van der Waals surface area contributed by atoms with Crippen molar-refractivity contribution < 1.29 is 0 Å². The molecule has 2 rings (SSSR count). The maximum atomic E-state index is 5.82. The third-order valence-electron chi connectivity index (χ3n) is 1.77. The molecule has 0 fully saturated rings. The zero-order valence-electron chi connectivity index (χ0n) is 8.30. The predicted octanol–water partition coefficient (Wildman–Crippen LogP) is 2.90. The van der Waals surface area contributed by atoms with E-state index >= 15 is 0 Å².